The summed E-state index contributed by atoms with van der Waals surface area (Å²) in [5, 5.41) is 0. The first-order valence-corrected chi connectivity index (χ1v) is 7.34. The van der Waals surface area contributed by atoms with Crippen molar-refractivity contribution in [1.29, 1.82) is 0 Å². The zero-order valence-electron chi connectivity index (χ0n) is 11.9. The van der Waals surface area contributed by atoms with E-state index in [4.69, 9.17) is 0 Å². The van der Waals surface area contributed by atoms with E-state index < -0.39 is 0 Å². The Kier molecular flexibility index (Phi) is 3.37. The molecule has 2 aromatic rings. The standard InChI is InChI=1S/C18H22N/c1-14-8-6-7-10-16(14)18-13-12-15-9-4-3-5-11-17(15)19(18)2/h6-8,10,12-13H,3-5,9,11H2,1-2H3/q+1. The van der Waals surface area contributed by atoms with Gasteiger partial charge in [0.15, 0.2) is 5.69 Å². The van der Waals surface area contributed by atoms with Gasteiger partial charge in [-0.25, -0.2) is 0 Å². The van der Waals surface area contributed by atoms with E-state index in [1.807, 2.05) is 0 Å². The number of fused-ring (bicyclic) bond motifs is 1. The number of aromatic nitrogens is 1. The molecule has 1 aromatic carbocycles. The predicted molar refractivity (Wildman–Crippen MR) is 79.1 cm³/mol. The predicted octanol–water partition coefficient (Wildman–Crippen LogP) is 3.76. The molecule has 1 aromatic heterocycles. The fourth-order valence-corrected chi connectivity index (χ4v) is 3.22. The van der Waals surface area contributed by atoms with E-state index in [1.165, 1.54) is 48.9 Å². The Morgan fingerprint density at radius 3 is 2.53 bits per heavy atom. The van der Waals surface area contributed by atoms with Gasteiger partial charge in [0.1, 0.15) is 7.05 Å². The van der Waals surface area contributed by atoms with E-state index in [9.17, 15) is 0 Å². The van der Waals surface area contributed by atoms with E-state index in [0.717, 1.165) is 0 Å². The van der Waals surface area contributed by atoms with Crippen LogP contribution in [0.1, 0.15) is 36.1 Å². The van der Waals surface area contributed by atoms with Crippen LogP contribution in [0.15, 0.2) is 36.4 Å². The van der Waals surface area contributed by atoms with Gasteiger partial charge in [0.25, 0.3) is 0 Å². The number of hydrogen-bond acceptors (Lipinski definition) is 0. The van der Waals surface area contributed by atoms with Crippen LogP contribution in [0.2, 0.25) is 0 Å². The van der Waals surface area contributed by atoms with Crippen LogP contribution in [0.4, 0.5) is 0 Å². The molecule has 0 atom stereocenters. The fraction of sp³-hybridized carbons (Fsp3) is 0.389. The quantitative estimate of drug-likeness (QED) is 0.537. The van der Waals surface area contributed by atoms with Crippen molar-refractivity contribution in [1.82, 2.24) is 0 Å². The molecule has 3 rings (SSSR count). The largest absolute Gasteiger partial charge is 0.212 e. The van der Waals surface area contributed by atoms with Gasteiger partial charge in [0, 0.05) is 23.6 Å². The van der Waals surface area contributed by atoms with Gasteiger partial charge in [-0.15, -0.1) is 0 Å². The highest BCUT2D eigenvalue weighted by atomic mass is 14.9. The molecule has 1 heterocycles. The molecule has 1 heteroatoms. The number of hydrogen-bond donors (Lipinski definition) is 0. The molecule has 0 unspecified atom stereocenters. The number of rotatable bonds is 1. The summed E-state index contributed by atoms with van der Waals surface area (Å²) in [6.07, 6.45) is 6.52. The average molecular weight is 252 g/mol. The van der Waals surface area contributed by atoms with Gasteiger partial charge in [-0.2, -0.15) is 4.57 Å². The fourth-order valence-electron chi connectivity index (χ4n) is 3.22. The van der Waals surface area contributed by atoms with Crippen molar-refractivity contribution in [3.63, 3.8) is 0 Å². The van der Waals surface area contributed by atoms with Crippen molar-refractivity contribution in [3.05, 3.63) is 53.2 Å². The highest BCUT2D eigenvalue weighted by Gasteiger charge is 2.21. The maximum Gasteiger partial charge on any atom is 0.212 e. The van der Waals surface area contributed by atoms with E-state index in [-0.39, 0.29) is 0 Å². The molecular formula is C18H22N+. The van der Waals surface area contributed by atoms with Crippen molar-refractivity contribution in [2.45, 2.75) is 39.0 Å². The summed E-state index contributed by atoms with van der Waals surface area (Å²) in [7, 11) is 2.23. The van der Waals surface area contributed by atoms with Crippen LogP contribution < -0.4 is 4.57 Å². The second kappa shape index (κ2) is 5.16. The summed E-state index contributed by atoms with van der Waals surface area (Å²) in [5.74, 6) is 0. The molecule has 0 fully saturated rings. The van der Waals surface area contributed by atoms with Gasteiger partial charge in [0.2, 0.25) is 5.69 Å². The molecule has 98 valence electrons. The number of benzene rings is 1. The molecule has 0 saturated heterocycles. The Balaban J connectivity index is 2.14. The Hall–Kier alpha value is -1.63. The van der Waals surface area contributed by atoms with E-state index >= 15 is 0 Å². The molecule has 0 bridgehead atoms. The summed E-state index contributed by atoms with van der Waals surface area (Å²) in [6.45, 7) is 2.20. The molecular weight excluding hydrogens is 230 g/mol. The Bertz CT molecular complexity index is 599. The lowest BCUT2D eigenvalue weighted by Crippen LogP contribution is -2.37. The monoisotopic (exact) mass is 252 g/mol. The van der Waals surface area contributed by atoms with E-state index in [1.54, 1.807) is 11.3 Å². The summed E-state index contributed by atoms with van der Waals surface area (Å²) in [4.78, 5) is 0. The van der Waals surface area contributed by atoms with E-state index in [0.29, 0.717) is 0 Å². The topological polar surface area (TPSA) is 3.88 Å². The van der Waals surface area contributed by atoms with Crippen LogP contribution in [-0.4, -0.2) is 0 Å². The van der Waals surface area contributed by atoms with E-state index in [2.05, 4.69) is 54.9 Å². The SMILES string of the molecule is Cc1ccccc1-c1ccc2c([n+]1C)CCCCC2. The van der Waals surface area contributed by atoms with Gasteiger partial charge in [-0.05, 0) is 43.9 Å². The number of pyridine rings is 1. The second-order valence-electron chi connectivity index (χ2n) is 5.63. The van der Waals surface area contributed by atoms with Gasteiger partial charge >= 0.3 is 0 Å². The smallest absolute Gasteiger partial charge is 0.198 e. The normalized spacial score (nSPS) is 14.8. The first kappa shape index (κ1) is 12.4. The number of aryl methyl sites for hydroxylation is 2. The first-order valence-electron chi connectivity index (χ1n) is 7.34. The third-order valence-electron chi connectivity index (χ3n) is 4.36. The zero-order chi connectivity index (χ0) is 13.2. The van der Waals surface area contributed by atoms with Crippen molar-refractivity contribution in [2.75, 3.05) is 0 Å². The van der Waals surface area contributed by atoms with Crippen LogP contribution in [0, 0.1) is 6.92 Å². The van der Waals surface area contributed by atoms with Crippen LogP contribution in [0.5, 0.6) is 0 Å². The summed E-state index contributed by atoms with van der Waals surface area (Å²) >= 11 is 0. The maximum atomic E-state index is 2.42. The highest BCUT2D eigenvalue weighted by Crippen LogP contribution is 2.24. The Labute approximate surface area is 115 Å². The van der Waals surface area contributed by atoms with Crippen molar-refractivity contribution in [3.8, 4) is 11.3 Å². The summed E-state index contributed by atoms with van der Waals surface area (Å²) in [5.41, 5.74) is 7.15. The molecule has 0 spiro atoms. The second-order valence-corrected chi connectivity index (χ2v) is 5.63. The van der Waals surface area contributed by atoms with Crippen LogP contribution in [-0.2, 0) is 19.9 Å². The van der Waals surface area contributed by atoms with Crippen molar-refractivity contribution in [2.24, 2.45) is 7.05 Å². The first-order chi connectivity index (χ1) is 9.27. The molecule has 0 aliphatic heterocycles. The molecule has 1 aliphatic carbocycles. The zero-order valence-corrected chi connectivity index (χ0v) is 11.9. The van der Waals surface area contributed by atoms with Crippen LogP contribution in [0.25, 0.3) is 11.3 Å². The molecule has 0 radical (unpaired) electrons. The third-order valence-corrected chi connectivity index (χ3v) is 4.36. The third kappa shape index (κ3) is 2.30. The minimum absolute atomic E-state index is 1.23. The molecule has 0 saturated carbocycles. The number of nitrogens with zero attached hydrogens (tertiary/aromatic N) is 1. The van der Waals surface area contributed by atoms with Gasteiger partial charge in [-0.3, -0.25) is 0 Å². The van der Waals surface area contributed by atoms with Gasteiger partial charge < -0.3 is 0 Å². The Morgan fingerprint density at radius 1 is 0.895 bits per heavy atom. The summed E-state index contributed by atoms with van der Waals surface area (Å²) < 4.78 is 2.42. The minimum Gasteiger partial charge on any atom is -0.198 e. The van der Waals surface area contributed by atoms with Gasteiger partial charge in [0.05, 0.1) is 0 Å². The lowest BCUT2D eigenvalue weighted by Gasteiger charge is -2.09. The molecule has 1 nitrogen and oxygen atoms in total. The van der Waals surface area contributed by atoms with Crippen molar-refractivity contribution < 1.29 is 4.57 Å². The lowest BCUT2D eigenvalue weighted by molar-refractivity contribution is -0.668. The maximum absolute atomic E-state index is 2.42. The molecule has 19 heavy (non-hydrogen) atoms. The van der Waals surface area contributed by atoms with Crippen LogP contribution >= 0.6 is 0 Å². The highest BCUT2D eigenvalue weighted by molar-refractivity contribution is 5.60. The average Bonchev–Trinajstić information content (AvgIpc) is 2.66. The summed E-state index contributed by atoms with van der Waals surface area (Å²) in [6, 6.07) is 13.3. The van der Waals surface area contributed by atoms with Crippen molar-refractivity contribution >= 4 is 0 Å². The Morgan fingerprint density at radius 2 is 1.68 bits per heavy atom. The molecule has 1 aliphatic rings. The molecule has 0 amide bonds. The lowest BCUT2D eigenvalue weighted by atomic mass is 10.0. The molecule has 0 N–H and O–H groups in total. The van der Waals surface area contributed by atoms with Crippen LogP contribution in [0.3, 0.4) is 0 Å². The minimum atomic E-state index is 1.23. The van der Waals surface area contributed by atoms with Gasteiger partial charge in [-0.1, -0.05) is 24.6 Å².